The monoisotopic (exact) mass is 391 g/mol. The van der Waals surface area contributed by atoms with Crippen LogP contribution in [0.1, 0.15) is 44.2 Å². The van der Waals surface area contributed by atoms with Gasteiger partial charge in [-0.15, -0.1) is 0 Å². The SMILES string of the molecule is Cc1cc(N2CCC(C3CCN(CC4CC4)CC3)CC2)nc(-c2cccnc2)n1. The highest BCUT2D eigenvalue weighted by molar-refractivity contribution is 5.56. The maximum atomic E-state index is 4.88. The van der Waals surface area contributed by atoms with Crippen molar-refractivity contribution >= 4 is 5.82 Å². The molecule has 0 unspecified atom stereocenters. The first-order valence-corrected chi connectivity index (χ1v) is 11.5. The Bertz CT molecular complexity index is 803. The van der Waals surface area contributed by atoms with Crippen LogP contribution < -0.4 is 4.90 Å². The van der Waals surface area contributed by atoms with Gasteiger partial charge in [-0.1, -0.05) is 0 Å². The molecule has 0 spiro atoms. The van der Waals surface area contributed by atoms with Crippen molar-refractivity contribution in [2.24, 2.45) is 17.8 Å². The standard InChI is InChI=1S/C24H33N5/c1-18-15-23(27-24(26-18)22-3-2-10-25-16-22)29-13-8-21(9-14-29)20-6-11-28(12-7-20)17-19-4-5-19/h2-3,10,15-16,19-21H,4-9,11-14,17H2,1H3. The molecule has 5 rings (SSSR count). The topological polar surface area (TPSA) is 45.2 Å². The van der Waals surface area contributed by atoms with Gasteiger partial charge in [-0.3, -0.25) is 4.98 Å². The third-order valence-electron chi connectivity index (χ3n) is 7.14. The van der Waals surface area contributed by atoms with Crippen LogP contribution in [0.5, 0.6) is 0 Å². The van der Waals surface area contributed by atoms with Gasteiger partial charge in [-0.2, -0.15) is 0 Å². The fourth-order valence-electron chi connectivity index (χ4n) is 5.21. The predicted octanol–water partition coefficient (Wildman–Crippen LogP) is 4.19. The van der Waals surface area contributed by atoms with Gasteiger partial charge in [0, 0.05) is 49.4 Å². The van der Waals surface area contributed by atoms with Crippen LogP contribution in [-0.2, 0) is 0 Å². The smallest absolute Gasteiger partial charge is 0.163 e. The number of hydrogen-bond acceptors (Lipinski definition) is 5. The second-order valence-electron chi connectivity index (χ2n) is 9.34. The number of aromatic nitrogens is 3. The maximum absolute atomic E-state index is 4.88. The first-order valence-electron chi connectivity index (χ1n) is 11.5. The minimum atomic E-state index is 0.790. The highest BCUT2D eigenvalue weighted by atomic mass is 15.2. The summed E-state index contributed by atoms with van der Waals surface area (Å²) in [6.45, 7) is 8.35. The van der Waals surface area contributed by atoms with Crippen molar-refractivity contribution in [1.29, 1.82) is 0 Å². The molecule has 3 aliphatic rings. The van der Waals surface area contributed by atoms with E-state index in [9.17, 15) is 0 Å². The molecule has 2 aliphatic heterocycles. The zero-order valence-corrected chi connectivity index (χ0v) is 17.6. The molecular weight excluding hydrogens is 358 g/mol. The van der Waals surface area contributed by atoms with Gasteiger partial charge in [0.2, 0.25) is 0 Å². The number of nitrogens with zero attached hydrogens (tertiary/aromatic N) is 5. The lowest BCUT2D eigenvalue weighted by Crippen LogP contribution is -2.41. The van der Waals surface area contributed by atoms with E-state index in [4.69, 9.17) is 4.98 Å². The minimum Gasteiger partial charge on any atom is -0.356 e. The Kier molecular flexibility index (Phi) is 5.49. The van der Waals surface area contributed by atoms with Crippen LogP contribution in [-0.4, -0.2) is 52.6 Å². The number of aryl methyl sites for hydroxylation is 1. The number of rotatable bonds is 5. The molecule has 5 nitrogen and oxygen atoms in total. The zero-order chi connectivity index (χ0) is 19.6. The summed E-state index contributed by atoms with van der Waals surface area (Å²) >= 11 is 0. The third kappa shape index (κ3) is 4.61. The van der Waals surface area contributed by atoms with Gasteiger partial charge in [-0.05, 0) is 88.4 Å². The maximum Gasteiger partial charge on any atom is 0.163 e. The lowest BCUT2D eigenvalue weighted by Gasteiger charge is -2.40. The molecule has 2 aromatic rings. The van der Waals surface area contributed by atoms with Crippen LogP contribution in [0.15, 0.2) is 30.6 Å². The van der Waals surface area contributed by atoms with E-state index < -0.39 is 0 Å². The molecule has 2 aromatic heterocycles. The molecule has 0 atom stereocenters. The number of pyridine rings is 1. The minimum absolute atomic E-state index is 0.790. The Balaban J connectivity index is 1.18. The predicted molar refractivity (Wildman–Crippen MR) is 117 cm³/mol. The molecule has 29 heavy (non-hydrogen) atoms. The Morgan fingerprint density at radius 1 is 0.931 bits per heavy atom. The number of piperidine rings is 2. The molecule has 0 N–H and O–H groups in total. The van der Waals surface area contributed by atoms with Crippen LogP contribution in [0.2, 0.25) is 0 Å². The summed E-state index contributed by atoms with van der Waals surface area (Å²) in [5.74, 6) is 4.73. The number of likely N-dealkylation sites (tertiary alicyclic amines) is 1. The van der Waals surface area contributed by atoms with Gasteiger partial charge in [0.25, 0.3) is 0 Å². The molecule has 0 radical (unpaired) electrons. The Hall–Kier alpha value is -2.01. The van der Waals surface area contributed by atoms with Crippen molar-refractivity contribution in [2.75, 3.05) is 37.6 Å². The normalized spacial score (nSPS) is 22.2. The van der Waals surface area contributed by atoms with E-state index in [1.165, 1.54) is 58.2 Å². The van der Waals surface area contributed by atoms with E-state index in [1.807, 2.05) is 18.3 Å². The van der Waals surface area contributed by atoms with E-state index in [0.29, 0.717) is 0 Å². The lowest BCUT2D eigenvalue weighted by atomic mass is 9.79. The quantitative estimate of drug-likeness (QED) is 0.765. The Labute approximate surface area is 174 Å². The van der Waals surface area contributed by atoms with Gasteiger partial charge in [0.15, 0.2) is 5.82 Å². The largest absolute Gasteiger partial charge is 0.356 e. The van der Waals surface area contributed by atoms with E-state index in [0.717, 1.165) is 53.7 Å². The van der Waals surface area contributed by atoms with Crippen LogP contribution in [0.3, 0.4) is 0 Å². The fourth-order valence-corrected chi connectivity index (χ4v) is 5.21. The van der Waals surface area contributed by atoms with Gasteiger partial charge >= 0.3 is 0 Å². The van der Waals surface area contributed by atoms with Crippen molar-refractivity contribution in [1.82, 2.24) is 19.9 Å². The average Bonchev–Trinajstić information content (AvgIpc) is 3.59. The van der Waals surface area contributed by atoms with Crippen molar-refractivity contribution in [3.05, 3.63) is 36.3 Å². The average molecular weight is 392 g/mol. The molecule has 0 amide bonds. The second kappa shape index (κ2) is 8.39. The van der Waals surface area contributed by atoms with E-state index >= 15 is 0 Å². The first-order chi connectivity index (χ1) is 14.2. The Morgan fingerprint density at radius 2 is 1.66 bits per heavy atom. The summed E-state index contributed by atoms with van der Waals surface area (Å²) in [6.07, 6.45) is 12.0. The van der Waals surface area contributed by atoms with Gasteiger partial charge in [-0.25, -0.2) is 9.97 Å². The van der Waals surface area contributed by atoms with Gasteiger partial charge < -0.3 is 9.80 Å². The van der Waals surface area contributed by atoms with Crippen LogP contribution in [0, 0.1) is 24.7 Å². The van der Waals surface area contributed by atoms with E-state index in [-0.39, 0.29) is 0 Å². The molecule has 1 aliphatic carbocycles. The van der Waals surface area contributed by atoms with Crippen LogP contribution in [0.4, 0.5) is 5.82 Å². The molecule has 2 saturated heterocycles. The lowest BCUT2D eigenvalue weighted by molar-refractivity contribution is 0.130. The number of hydrogen-bond donors (Lipinski definition) is 0. The molecule has 0 aromatic carbocycles. The summed E-state index contributed by atoms with van der Waals surface area (Å²) in [5, 5.41) is 0. The van der Waals surface area contributed by atoms with Gasteiger partial charge in [0.1, 0.15) is 5.82 Å². The first kappa shape index (κ1) is 19.0. The van der Waals surface area contributed by atoms with Gasteiger partial charge in [0.05, 0.1) is 0 Å². The molecule has 154 valence electrons. The molecule has 3 fully saturated rings. The zero-order valence-electron chi connectivity index (χ0n) is 17.6. The van der Waals surface area contributed by atoms with Crippen LogP contribution >= 0.6 is 0 Å². The third-order valence-corrected chi connectivity index (χ3v) is 7.14. The fraction of sp³-hybridized carbons (Fsp3) is 0.625. The summed E-state index contributed by atoms with van der Waals surface area (Å²) in [4.78, 5) is 18.9. The van der Waals surface area contributed by atoms with E-state index in [2.05, 4.69) is 32.8 Å². The summed E-state index contributed by atoms with van der Waals surface area (Å²) in [5.41, 5.74) is 2.02. The van der Waals surface area contributed by atoms with Crippen molar-refractivity contribution < 1.29 is 0 Å². The van der Waals surface area contributed by atoms with Crippen molar-refractivity contribution in [3.8, 4) is 11.4 Å². The van der Waals surface area contributed by atoms with Crippen molar-refractivity contribution in [2.45, 2.75) is 45.4 Å². The summed E-state index contributed by atoms with van der Waals surface area (Å²) in [7, 11) is 0. The summed E-state index contributed by atoms with van der Waals surface area (Å²) in [6, 6.07) is 6.12. The molecule has 4 heterocycles. The Morgan fingerprint density at radius 3 is 2.31 bits per heavy atom. The molecule has 0 bridgehead atoms. The number of anilines is 1. The molecule has 1 saturated carbocycles. The highest BCUT2D eigenvalue weighted by Crippen LogP contribution is 2.36. The van der Waals surface area contributed by atoms with Crippen molar-refractivity contribution in [3.63, 3.8) is 0 Å². The van der Waals surface area contributed by atoms with Crippen LogP contribution in [0.25, 0.3) is 11.4 Å². The molecular formula is C24H33N5. The van der Waals surface area contributed by atoms with E-state index in [1.54, 1.807) is 6.20 Å². The second-order valence-corrected chi connectivity index (χ2v) is 9.34. The molecule has 5 heteroatoms. The highest BCUT2D eigenvalue weighted by Gasteiger charge is 2.32. The summed E-state index contributed by atoms with van der Waals surface area (Å²) < 4.78 is 0.